The van der Waals surface area contributed by atoms with Crippen LogP contribution in [-0.2, 0) is 25.8 Å². The molecule has 5 aromatic rings. The van der Waals surface area contributed by atoms with E-state index in [9.17, 15) is 9.59 Å². The van der Waals surface area contributed by atoms with Crippen molar-refractivity contribution in [1.29, 1.82) is 0 Å². The zero-order valence-electron chi connectivity index (χ0n) is 34.4. The Balaban J connectivity index is 0.000000241. The molecule has 0 aliphatic heterocycles. The molecule has 0 heterocycles. The minimum atomic E-state index is -0.300. The van der Waals surface area contributed by atoms with Crippen LogP contribution in [0.5, 0.6) is 23.0 Å². The molecule has 0 spiro atoms. The number of hydrogen-bond acceptors (Lipinski definition) is 6. The molecular weight excluding hydrogens is 673 g/mol. The Morgan fingerprint density at radius 3 is 1.35 bits per heavy atom. The van der Waals surface area contributed by atoms with E-state index in [0.29, 0.717) is 11.5 Å². The predicted octanol–water partition coefficient (Wildman–Crippen LogP) is 11.5. The third-order valence-corrected chi connectivity index (χ3v) is 9.53. The van der Waals surface area contributed by atoms with Crippen molar-refractivity contribution < 1.29 is 28.5 Å². The summed E-state index contributed by atoms with van der Waals surface area (Å²) in [7, 11) is 3.35. The molecule has 0 saturated carbocycles. The fourth-order valence-electron chi connectivity index (χ4n) is 5.94. The second-order valence-electron chi connectivity index (χ2n) is 15.5. The molecule has 0 bridgehead atoms. The van der Waals surface area contributed by atoms with Gasteiger partial charge in [-0.3, -0.25) is 9.59 Å². The van der Waals surface area contributed by atoms with Gasteiger partial charge in [0, 0.05) is 24.7 Å². The van der Waals surface area contributed by atoms with Gasteiger partial charge in [0.25, 0.3) is 0 Å². The Morgan fingerprint density at radius 2 is 0.907 bits per heavy atom. The maximum absolute atomic E-state index is 11.1. The number of methoxy groups -OCH3 is 2. The summed E-state index contributed by atoms with van der Waals surface area (Å²) in [6, 6.07) is 38.5. The minimum absolute atomic E-state index is 0.115. The summed E-state index contributed by atoms with van der Waals surface area (Å²) in [5.74, 6) is 2.41. The highest BCUT2D eigenvalue weighted by molar-refractivity contribution is 5.70. The van der Waals surface area contributed by atoms with Crippen molar-refractivity contribution in [2.24, 2.45) is 0 Å². The Morgan fingerprint density at radius 1 is 0.444 bits per heavy atom. The van der Waals surface area contributed by atoms with E-state index in [1.54, 1.807) is 14.2 Å². The van der Waals surface area contributed by atoms with Crippen molar-refractivity contribution >= 4 is 11.9 Å². The first-order chi connectivity index (χ1) is 25.3. The van der Waals surface area contributed by atoms with E-state index in [-0.39, 0.29) is 28.2 Å². The fraction of sp³-hybridized carbons (Fsp3) is 0.333. The van der Waals surface area contributed by atoms with Gasteiger partial charge in [0.2, 0.25) is 0 Å². The predicted molar refractivity (Wildman–Crippen MR) is 220 cm³/mol. The number of aryl methyl sites for hydroxylation is 2. The summed E-state index contributed by atoms with van der Waals surface area (Å²) in [6.07, 6.45) is 0. The zero-order valence-corrected chi connectivity index (χ0v) is 34.4. The second-order valence-corrected chi connectivity index (χ2v) is 15.5. The van der Waals surface area contributed by atoms with Crippen LogP contribution in [0.25, 0.3) is 0 Å². The molecule has 286 valence electrons. The highest BCUT2D eigenvalue weighted by Gasteiger charge is 2.26. The van der Waals surface area contributed by atoms with Crippen LogP contribution < -0.4 is 18.9 Å². The molecule has 0 aromatic heterocycles. The van der Waals surface area contributed by atoms with Gasteiger partial charge in [-0.2, -0.15) is 0 Å². The van der Waals surface area contributed by atoms with Crippen molar-refractivity contribution in [2.75, 3.05) is 14.2 Å². The van der Waals surface area contributed by atoms with Gasteiger partial charge in [0.05, 0.1) is 14.2 Å². The molecule has 0 fully saturated rings. The molecule has 0 atom stereocenters. The molecule has 6 nitrogen and oxygen atoms in total. The van der Waals surface area contributed by atoms with Crippen LogP contribution in [0.3, 0.4) is 0 Å². The van der Waals surface area contributed by atoms with Crippen LogP contribution >= 0.6 is 0 Å². The molecule has 0 aliphatic rings. The van der Waals surface area contributed by atoms with Gasteiger partial charge < -0.3 is 18.9 Å². The first-order valence-corrected chi connectivity index (χ1v) is 18.2. The summed E-state index contributed by atoms with van der Waals surface area (Å²) in [5.41, 5.74) is 8.13. The van der Waals surface area contributed by atoms with Crippen LogP contribution in [0, 0.1) is 13.8 Å². The summed E-state index contributed by atoms with van der Waals surface area (Å²) < 4.78 is 20.6. The highest BCUT2D eigenvalue weighted by Crippen LogP contribution is 2.37. The topological polar surface area (TPSA) is 71.1 Å². The quantitative estimate of drug-likeness (QED) is 0.117. The molecule has 0 amide bonds. The summed E-state index contributed by atoms with van der Waals surface area (Å²) in [6.45, 7) is 22.3. The standard InChI is InChI=1S/C21H26O2.C20H24O3.C7H8O/c1-15(22)23-19-12-10-16(11-13-19)21(5,6)18-9-7-8-17(14-18)20(2,3)4;1-13-11-16(7-9-18(13)22-6)20(4,5)17-8-10-19(14(2)12-17)23-15(3)21;1-8-7-5-3-2-4-6-7/h7-14H,1-6H3;7-12H,1-6H3;2-6H,1H3. The SMILES string of the molecule is CC(=O)Oc1ccc(C(C)(C)c2cccc(C(C)(C)C)c2)cc1.COc1ccc(C(C)(C)c2ccc(OC(C)=O)c(C)c2)cc1C.COc1ccccc1. The normalized spacial score (nSPS) is 11.2. The smallest absolute Gasteiger partial charge is 0.308 e. The van der Waals surface area contributed by atoms with E-state index in [1.165, 1.54) is 41.7 Å². The molecule has 0 saturated heterocycles. The molecule has 5 aromatic carbocycles. The molecule has 6 heteroatoms. The van der Waals surface area contributed by atoms with Crippen molar-refractivity contribution in [2.45, 2.75) is 92.4 Å². The lowest BCUT2D eigenvalue weighted by Gasteiger charge is -2.28. The summed E-state index contributed by atoms with van der Waals surface area (Å²) in [5, 5.41) is 0. The van der Waals surface area contributed by atoms with Gasteiger partial charge in [-0.15, -0.1) is 0 Å². The van der Waals surface area contributed by atoms with Crippen LogP contribution in [0.2, 0.25) is 0 Å². The Labute approximate surface area is 323 Å². The van der Waals surface area contributed by atoms with Crippen LogP contribution in [0.1, 0.15) is 101 Å². The Bertz CT molecular complexity index is 1980. The van der Waals surface area contributed by atoms with Crippen molar-refractivity contribution in [1.82, 2.24) is 0 Å². The first kappa shape index (κ1) is 43.0. The number of benzene rings is 5. The third kappa shape index (κ3) is 11.8. The maximum atomic E-state index is 11.1. The molecule has 0 aliphatic carbocycles. The summed E-state index contributed by atoms with van der Waals surface area (Å²) >= 11 is 0. The van der Waals surface area contributed by atoms with Gasteiger partial charge >= 0.3 is 11.9 Å². The molecular formula is C48H58O6. The largest absolute Gasteiger partial charge is 0.497 e. The first-order valence-electron chi connectivity index (χ1n) is 18.2. The number of carbonyl (C=O) groups is 2. The average Bonchev–Trinajstić information content (AvgIpc) is 3.12. The Kier molecular flexibility index (Phi) is 14.8. The van der Waals surface area contributed by atoms with Crippen molar-refractivity contribution in [3.05, 3.63) is 154 Å². The van der Waals surface area contributed by atoms with E-state index in [2.05, 4.69) is 90.9 Å². The van der Waals surface area contributed by atoms with Gasteiger partial charge in [0.1, 0.15) is 23.0 Å². The Hall–Kier alpha value is -5.36. The minimum Gasteiger partial charge on any atom is -0.497 e. The molecule has 54 heavy (non-hydrogen) atoms. The number of para-hydroxylation sites is 1. The van der Waals surface area contributed by atoms with E-state index in [1.807, 2.05) is 86.6 Å². The molecule has 0 unspecified atom stereocenters. The van der Waals surface area contributed by atoms with Crippen LogP contribution in [0.4, 0.5) is 0 Å². The van der Waals surface area contributed by atoms with E-state index in [0.717, 1.165) is 22.6 Å². The van der Waals surface area contributed by atoms with E-state index >= 15 is 0 Å². The molecule has 0 radical (unpaired) electrons. The van der Waals surface area contributed by atoms with Gasteiger partial charge in [-0.25, -0.2) is 0 Å². The van der Waals surface area contributed by atoms with E-state index in [4.69, 9.17) is 18.9 Å². The maximum Gasteiger partial charge on any atom is 0.308 e. The van der Waals surface area contributed by atoms with Crippen molar-refractivity contribution in [3.8, 4) is 23.0 Å². The van der Waals surface area contributed by atoms with Crippen LogP contribution in [0.15, 0.2) is 115 Å². The molecule has 5 rings (SSSR count). The molecule has 0 N–H and O–H groups in total. The number of hydrogen-bond donors (Lipinski definition) is 0. The average molecular weight is 731 g/mol. The number of esters is 2. The third-order valence-electron chi connectivity index (χ3n) is 9.53. The number of carbonyl (C=O) groups excluding carboxylic acids is 2. The monoisotopic (exact) mass is 730 g/mol. The zero-order chi connectivity index (χ0) is 40.3. The fourth-order valence-corrected chi connectivity index (χ4v) is 5.94. The second kappa shape index (κ2) is 18.6. The summed E-state index contributed by atoms with van der Waals surface area (Å²) in [4.78, 5) is 22.2. The number of rotatable bonds is 8. The lowest BCUT2D eigenvalue weighted by molar-refractivity contribution is -0.132. The van der Waals surface area contributed by atoms with Gasteiger partial charge in [-0.05, 0) is 94.6 Å². The number of ether oxygens (including phenoxy) is 4. The van der Waals surface area contributed by atoms with Crippen molar-refractivity contribution in [3.63, 3.8) is 0 Å². The van der Waals surface area contributed by atoms with E-state index < -0.39 is 0 Å². The van der Waals surface area contributed by atoms with Gasteiger partial charge in [-0.1, -0.05) is 127 Å². The lowest BCUT2D eigenvalue weighted by Crippen LogP contribution is -2.20. The van der Waals surface area contributed by atoms with Gasteiger partial charge in [0.15, 0.2) is 0 Å². The highest BCUT2D eigenvalue weighted by atomic mass is 16.5. The lowest BCUT2D eigenvalue weighted by atomic mass is 9.76. The van der Waals surface area contributed by atoms with Crippen LogP contribution in [-0.4, -0.2) is 26.2 Å².